The smallest absolute Gasteiger partial charge is 0.137 e. The molecule has 1 aromatic heterocycles. The van der Waals surface area contributed by atoms with E-state index in [2.05, 4.69) is 39.6 Å². The first-order valence-electron chi connectivity index (χ1n) is 6.01. The van der Waals surface area contributed by atoms with Crippen molar-refractivity contribution < 1.29 is 4.74 Å². The number of aromatic amines is 1. The van der Waals surface area contributed by atoms with Gasteiger partial charge < -0.3 is 10.1 Å². The second kappa shape index (κ2) is 6.16. The third-order valence-electron chi connectivity index (χ3n) is 2.89. The number of benzene rings is 1. The molecule has 0 radical (unpaired) electrons. The molecule has 1 aromatic carbocycles. The lowest BCUT2D eigenvalue weighted by Crippen LogP contribution is -2.21. The molecule has 0 aliphatic heterocycles. The van der Waals surface area contributed by atoms with Crippen LogP contribution in [0.2, 0.25) is 0 Å². The fourth-order valence-electron chi connectivity index (χ4n) is 1.77. The normalized spacial score (nSPS) is 12.3. The third-order valence-corrected chi connectivity index (χ3v) is 2.89. The summed E-state index contributed by atoms with van der Waals surface area (Å²) in [7, 11) is 1.67. The van der Waals surface area contributed by atoms with Crippen LogP contribution in [0.4, 0.5) is 0 Å². The average molecular weight is 246 g/mol. The Kier molecular flexibility index (Phi) is 4.30. The monoisotopic (exact) mass is 246 g/mol. The number of ether oxygens (including phenoxy) is 1. The molecule has 0 aliphatic rings. The van der Waals surface area contributed by atoms with Crippen LogP contribution in [0.1, 0.15) is 24.4 Å². The molecule has 0 aliphatic carbocycles. The lowest BCUT2D eigenvalue weighted by molar-refractivity contribution is 0.414. The van der Waals surface area contributed by atoms with E-state index in [1.165, 1.54) is 11.9 Å². The lowest BCUT2D eigenvalue weighted by atomic mass is 10.1. The van der Waals surface area contributed by atoms with Crippen molar-refractivity contribution in [3.8, 4) is 5.75 Å². The van der Waals surface area contributed by atoms with E-state index in [0.717, 1.165) is 24.5 Å². The van der Waals surface area contributed by atoms with Crippen LogP contribution in [0.5, 0.6) is 5.75 Å². The van der Waals surface area contributed by atoms with Crippen LogP contribution in [-0.4, -0.2) is 28.8 Å². The third kappa shape index (κ3) is 3.30. The molecule has 5 heteroatoms. The molecule has 0 spiro atoms. The van der Waals surface area contributed by atoms with E-state index in [0.29, 0.717) is 6.04 Å². The minimum absolute atomic E-state index is 0.304. The Morgan fingerprint density at radius 1 is 1.33 bits per heavy atom. The van der Waals surface area contributed by atoms with Crippen LogP contribution in [0.15, 0.2) is 30.6 Å². The minimum atomic E-state index is 0.304. The Labute approximate surface area is 107 Å². The molecule has 1 heterocycles. The van der Waals surface area contributed by atoms with E-state index in [1.807, 2.05) is 12.1 Å². The van der Waals surface area contributed by atoms with Crippen molar-refractivity contribution in [2.45, 2.75) is 19.4 Å². The molecule has 96 valence electrons. The summed E-state index contributed by atoms with van der Waals surface area (Å²) < 4.78 is 5.14. The molecule has 2 N–H and O–H groups in total. The first-order valence-corrected chi connectivity index (χ1v) is 6.01. The Hall–Kier alpha value is -1.88. The summed E-state index contributed by atoms with van der Waals surface area (Å²) in [4.78, 5) is 4.09. The Bertz CT molecular complexity index is 452. The molecular formula is C13H18N4O. The highest BCUT2D eigenvalue weighted by Gasteiger charge is 2.05. The Morgan fingerprint density at radius 2 is 2.11 bits per heavy atom. The minimum Gasteiger partial charge on any atom is -0.497 e. The topological polar surface area (TPSA) is 62.8 Å². The molecule has 5 nitrogen and oxygen atoms in total. The zero-order valence-corrected chi connectivity index (χ0v) is 10.7. The number of hydrogen-bond donors (Lipinski definition) is 2. The zero-order valence-electron chi connectivity index (χ0n) is 10.7. The van der Waals surface area contributed by atoms with Gasteiger partial charge in [-0.05, 0) is 24.6 Å². The van der Waals surface area contributed by atoms with Gasteiger partial charge in [0.15, 0.2) is 0 Å². The van der Waals surface area contributed by atoms with Gasteiger partial charge in [0.2, 0.25) is 0 Å². The summed E-state index contributed by atoms with van der Waals surface area (Å²) in [5.74, 6) is 1.79. The molecule has 0 fully saturated rings. The predicted octanol–water partition coefficient (Wildman–Crippen LogP) is 1.71. The van der Waals surface area contributed by atoms with Crippen molar-refractivity contribution in [3.05, 3.63) is 42.0 Å². The van der Waals surface area contributed by atoms with Gasteiger partial charge in [0, 0.05) is 19.0 Å². The molecule has 2 aromatic rings. The van der Waals surface area contributed by atoms with Gasteiger partial charge in [-0.3, -0.25) is 5.10 Å². The number of nitrogens with one attached hydrogen (secondary N) is 2. The molecule has 18 heavy (non-hydrogen) atoms. The summed E-state index contributed by atoms with van der Waals surface area (Å²) in [6.07, 6.45) is 2.38. The number of hydrogen-bond acceptors (Lipinski definition) is 4. The maximum Gasteiger partial charge on any atom is 0.137 e. The summed E-state index contributed by atoms with van der Waals surface area (Å²) in [6.45, 7) is 3.00. The van der Waals surface area contributed by atoms with E-state index in [9.17, 15) is 0 Å². The van der Waals surface area contributed by atoms with E-state index >= 15 is 0 Å². The number of methoxy groups -OCH3 is 1. The van der Waals surface area contributed by atoms with Gasteiger partial charge in [0.05, 0.1) is 7.11 Å². The summed E-state index contributed by atoms with van der Waals surface area (Å²) in [6, 6.07) is 8.41. The Morgan fingerprint density at radius 3 is 2.72 bits per heavy atom. The molecule has 1 unspecified atom stereocenters. The van der Waals surface area contributed by atoms with Crippen molar-refractivity contribution in [2.75, 3.05) is 13.7 Å². The van der Waals surface area contributed by atoms with Gasteiger partial charge in [-0.25, -0.2) is 4.98 Å². The van der Waals surface area contributed by atoms with Crippen LogP contribution >= 0.6 is 0 Å². The van der Waals surface area contributed by atoms with Gasteiger partial charge in [0.1, 0.15) is 17.9 Å². The second-order valence-electron chi connectivity index (χ2n) is 4.13. The van der Waals surface area contributed by atoms with Crippen molar-refractivity contribution in [1.82, 2.24) is 20.5 Å². The van der Waals surface area contributed by atoms with Crippen molar-refractivity contribution in [2.24, 2.45) is 0 Å². The molecule has 2 rings (SSSR count). The number of nitrogens with zero attached hydrogens (tertiary/aromatic N) is 2. The highest BCUT2D eigenvalue weighted by atomic mass is 16.5. The van der Waals surface area contributed by atoms with Crippen LogP contribution in [0.25, 0.3) is 0 Å². The van der Waals surface area contributed by atoms with E-state index in [4.69, 9.17) is 4.74 Å². The zero-order chi connectivity index (χ0) is 12.8. The van der Waals surface area contributed by atoms with Crippen LogP contribution in [-0.2, 0) is 6.42 Å². The largest absolute Gasteiger partial charge is 0.497 e. The molecule has 1 atom stereocenters. The molecule has 0 amide bonds. The van der Waals surface area contributed by atoms with Crippen molar-refractivity contribution >= 4 is 0 Å². The quantitative estimate of drug-likeness (QED) is 0.814. The molecule has 0 saturated heterocycles. The lowest BCUT2D eigenvalue weighted by Gasteiger charge is -2.14. The second-order valence-corrected chi connectivity index (χ2v) is 4.13. The Balaban J connectivity index is 1.81. The van der Waals surface area contributed by atoms with E-state index in [1.54, 1.807) is 7.11 Å². The van der Waals surface area contributed by atoms with Crippen LogP contribution < -0.4 is 10.1 Å². The number of rotatable bonds is 6. The number of aromatic nitrogens is 3. The fraction of sp³-hybridized carbons (Fsp3) is 0.385. The van der Waals surface area contributed by atoms with E-state index in [-0.39, 0.29) is 0 Å². The molecular weight excluding hydrogens is 228 g/mol. The van der Waals surface area contributed by atoms with E-state index < -0.39 is 0 Å². The number of H-pyrrole nitrogens is 1. The molecule has 0 saturated carbocycles. The predicted molar refractivity (Wildman–Crippen MR) is 69.5 cm³/mol. The van der Waals surface area contributed by atoms with Gasteiger partial charge in [-0.1, -0.05) is 12.1 Å². The summed E-state index contributed by atoms with van der Waals surface area (Å²) in [5.41, 5.74) is 1.24. The van der Waals surface area contributed by atoms with Gasteiger partial charge in [0.25, 0.3) is 0 Å². The van der Waals surface area contributed by atoms with Crippen LogP contribution in [0, 0.1) is 0 Å². The van der Waals surface area contributed by atoms with Gasteiger partial charge >= 0.3 is 0 Å². The van der Waals surface area contributed by atoms with Crippen molar-refractivity contribution in [1.29, 1.82) is 0 Å². The van der Waals surface area contributed by atoms with Crippen molar-refractivity contribution in [3.63, 3.8) is 0 Å². The van der Waals surface area contributed by atoms with Crippen LogP contribution in [0.3, 0.4) is 0 Å². The average Bonchev–Trinajstić information content (AvgIpc) is 2.92. The summed E-state index contributed by atoms with van der Waals surface area (Å²) in [5, 5.41) is 10.1. The fourth-order valence-corrected chi connectivity index (χ4v) is 1.77. The van der Waals surface area contributed by atoms with Gasteiger partial charge in [-0.2, -0.15) is 5.10 Å². The highest BCUT2D eigenvalue weighted by molar-refractivity contribution is 5.28. The summed E-state index contributed by atoms with van der Waals surface area (Å²) >= 11 is 0. The SMILES string of the molecule is COc1ccc(C(C)NCCc2ncn[nH]2)cc1. The van der Waals surface area contributed by atoms with Gasteiger partial charge in [-0.15, -0.1) is 0 Å². The maximum atomic E-state index is 5.14. The standard InChI is InChI=1S/C13H18N4O/c1-10(11-3-5-12(18-2)6-4-11)14-8-7-13-15-9-16-17-13/h3-6,9-10,14H,7-8H2,1-2H3,(H,15,16,17). The highest BCUT2D eigenvalue weighted by Crippen LogP contribution is 2.16. The maximum absolute atomic E-state index is 5.14. The first kappa shape index (κ1) is 12.6. The molecule has 0 bridgehead atoms. The first-order chi connectivity index (χ1) is 8.79.